The molecule has 19 heteroatoms. The minimum Gasteiger partial charge on any atom is -0.497 e. The Labute approximate surface area is 406 Å². The average molecular weight is 998 g/mol. The number of amides is 2. The SMILES string of the molecule is COc1ccc(CN(Cc2ccc(OC)cc2)c2cc(-c3nc(Cl)c(C(=O)N4C[C@H]5CC[C@@H]([C@H]4[C@H](C)O)N5C(=O)OC(C)(C)C)c4c3cnn4COCC[Si](C)(C)C)c(C(F)(F)F)c(C)c2F)cc1. The summed E-state index contributed by atoms with van der Waals surface area (Å²) in [5.74, 6) is -0.575. The number of rotatable bonds is 15. The molecule has 7 rings (SSSR count). The van der Waals surface area contributed by atoms with Gasteiger partial charge in [-0.2, -0.15) is 18.3 Å². The second-order valence-corrected chi connectivity index (χ2v) is 26.0. The molecule has 372 valence electrons. The molecule has 1 N–H and O–H groups in total. The molecule has 4 heterocycles. The van der Waals surface area contributed by atoms with Crippen LogP contribution in [0.15, 0.2) is 60.8 Å². The standard InChI is InChI=1S/C50H61ClF4N6O7Si/c1-29-41(50(53,54)55)36(23-39(42(29)52)58(25-31-11-16-34(65-6)17-12-31)26-32-13-18-35(66-7)19-14-32)43-37-24-56-60(28-67-21-22-69(8,9)10)45(37)40(46(51)57-43)47(63)59-27-33-15-20-38(44(59)30(2)62)61(33)48(64)68-49(3,4)5/h11-14,16-19,23-24,30,33,38,44,62H,15,20-22,25-28H2,1-10H3/t30-,33+,38-,44+/m0/s1. The molecule has 0 spiro atoms. The van der Waals surface area contributed by atoms with E-state index in [4.69, 9.17) is 30.5 Å². The Hall–Kier alpha value is -5.43. The number of benzene rings is 3. The molecule has 0 unspecified atom stereocenters. The quantitative estimate of drug-likeness (QED) is 0.0468. The fraction of sp³-hybridized carbons (Fsp3) is 0.480. The highest BCUT2D eigenvalue weighted by Crippen LogP contribution is 2.47. The predicted molar refractivity (Wildman–Crippen MR) is 259 cm³/mol. The number of pyridine rings is 1. The van der Waals surface area contributed by atoms with Crippen molar-refractivity contribution in [2.45, 2.75) is 129 Å². The topological polar surface area (TPSA) is 132 Å². The Morgan fingerprint density at radius 2 is 1.57 bits per heavy atom. The number of likely N-dealkylation sites (tertiary alicyclic amines) is 1. The Balaban J connectivity index is 1.41. The van der Waals surface area contributed by atoms with Crippen LogP contribution in [0.3, 0.4) is 0 Å². The van der Waals surface area contributed by atoms with Gasteiger partial charge in [-0.3, -0.25) is 9.69 Å². The van der Waals surface area contributed by atoms with E-state index in [0.717, 1.165) is 30.2 Å². The molecule has 0 aliphatic carbocycles. The van der Waals surface area contributed by atoms with Crippen molar-refractivity contribution in [3.8, 4) is 22.8 Å². The normalized spacial score (nSPS) is 17.9. The van der Waals surface area contributed by atoms with Crippen LogP contribution < -0.4 is 14.4 Å². The number of aliphatic hydroxyl groups excluding tert-OH is 1. The predicted octanol–water partition coefficient (Wildman–Crippen LogP) is 10.7. The van der Waals surface area contributed by atoms with Crippen molar-refractivity contribution in [2.24, 2.45) is 0 Å². The third-order valence-electron chi connectivity index (χ3n) is 12.7. The lowest BCUT2D eigenvalue weighted by Crippen LogP contribution is -2.65. The molecule has 2 aliphatic rings. The molecule has 2 fully saturated rings. The maximum absolute atomic E-state index is 17.0. The highest BCUT2D eigenvalue weighted by molar-refractivity contribution is 6.76. The number of carbonyl (C=O) groups is 2. The van der Waals surface area contributed by atoms with E-state index < -0.39 is 83.7 Å². The Bertz CT molecular complexity index is 2620. The van der Waals surface area contributed by atoms with Gasteiger partial charge in [-0.05, 0) is 101 Å². The van der Waals surface area contributed by atoms with Gasteiger partial charge in [0.05, 0.1) is 67.1 Å². The lowest BCUT2D eigenvalue weighted by Gasteiger charge is -2.48. The third-order valence-corrected chi connectivity index (χ3v) is 14.6. The second-order valence-electron chi connectivity index (χ2n) is 20.1. The number of halogens is 5. The second kappa shape index (κ2) is 20.1. The largest absolute Gasteiger partial charge is 0.497 e. The Morgan fingerprint density at radius 3 is 2.09 bits per heavy atom. The smallest absolute Gasteiger partial charge is 0.417 e. The number of aromatic nitrogens is 3. The molecule has 2 bridgehead atoms. The van der Waals surface area contributed by atoms with Crippen LogP contribution in [0.25, 0.3) is 22.2 Å². The zero-order chi connectivity index (χ0) is 50.3. The van der Waals surface area contributed by atoms with E-state index in [0.29, 0.717) is 30.9 Å². The van der Waals surface area contributed by atoms with Gasteiger partial charge >= 0.3 is 12.3 Å². The Morgan fingerprint density at radius 1 is 0.971 bits per heavy atom. The molecule has 2 aromatic heterocycles. The van der Waals surface area contributed by atoms with Crippen LogP contribution in [-0.2, 0) is 35.5 Å². The first-order valence-corrected chi connectivity index (χ1v) is 27.0. The van der Waals surface area contributed by atoms with Gasteiger partial charge in [0.2, 0.25) is 0 Å². The van der Waals surface area contributed by atoms with E-state index in [-0.39, 0.29) is 54.2 Å². The van der Waals surface area contributed by atoms with E-state index in [1.54, 1.807) is 79.1 Å². The van der Waals surface area contributed by atoms with E-state index in [9.17, 15) is 9.90 Å². The number of hydrogen-bond donors (Lipinski definition) is 1. The number of aliphatic hydroxyl groups is 1. The van der Waals surface area contributed by atoms with Gasteiger partial charge in [0.25, 0.3) is 5.91 Å². The van der Waals surface area contributed by atoms with Gasteiger partial charge in [0.1, 0.15) is 40.4 Å². The van der Waals surface area contributed by atoms with Gasteiger partial charge in [-0.15, -0.1) is 0 Å². The summed E-state index contributed by atoms with van der Waals surface area (Å²) in [4.78, 5) is 38.1. The summed E-state index contributed by atoms with van der Waals surface area (Å²) >= 11 is 7.13. The summed E-state index contributed by atoms with van der Waals surface area (Å²) in [6.45, 7) is 14.8. The molecule has 69 heavy (non-hydrogen) atoms. The lowest BCUT2D eigenvalue weighted by atomic mass is 9.93. The van der Waals surface area contributed by atoms with E-state index >= 15 is 22.4 Å². The van der Waals surface area contributed by atoms with Crippen molar-refractivity contribution in [3.63, 3.8) is 0 Å². The highest BCUT2D eigenvalue weighted by Gasteiger charge is 2.53. The minimum absolute atomic E-state index is 0.00152. The van der Waals surface area contributed by atoms with Crippen molar-refractivity contribution in [2.75, 3.05) is 32.3 Å². The van der Waals surface area contributed by atoms with Gasteiger partial charge < -0.3 is 33.9 Å². The summed E-state index contributed by atoms with van der Waals surface area (Å²) in [6.07, 6.45) is -4.46. The van der Waals surface area contributed by atoms with Gasteiger partial charge in [0.15, 0.2) is 0 Å². The molecule has 3 aromatic carbocycles. The number of fused-ring (bicyclic) bond motifs is 3. The van der Waals surface area contributed by atoms with Crippen molar-refractivity contribution < 1.29 is 51.2 Å². The van der Waals surface area contributed by atoms with Crippen LogP contribution in [-0.4, -0.2) is 107 Å². The van der Waals surface area contributed by atoms with E-state index in [1.165, 1.54) is 36.9 Å². The number of methoxy groups -OCH3 is 2. The summed E-state index contributed by atoms with van der Waals surface area (Å²) in [5, 5.41) is 15.5. The zero-order valence-electron chi connectivity index (χ0n) is 40.7. The highest BCUT2D eigenvalue weighted by atomic mass is 35.5. The summed E-state index contributed by atoms with van der Waals surface area (Å²) in [5.41, 5.74) is -2.35. The van der Waals surface area contributed by atoms with Crippen LogP contribution >= 0.6 is 11.6 Å². The summed E-state index contributed by atoms with van der Waals surface area (Å²) in [6, 6.07) is 14.1. The van der Waals surface area contributed by atoms with Crippen LogP contribution in [0, 0.1) is 12.7 Å². The monoisotopic (exact) mass is 996 g/mol. The van der Waals surface area contributed by atoms with Crippen LogP contribution in [0.4, 0.5) is 28.0 Å². The number of nitrogens with zero attached hydrogens (tertiary/aromatic N) is 6. The van der Waals surface area contributed by atoms with Crippen LogP contribution in [0.2, 0.25) is 30.8 Å². The zero-order valence-corrected chi connectivity index (χ0v) is 42.5. The van der Waals surface area contributed by atoms with Crippen molar-refractivity contribution in [1.29, 1.82) is 0 Å². The fourth-order valence-electron chi connectivity index (χ4n) is 9.37. The number of piperazine rings is 1. The Kier molecular flexibility index (Phi) is 15.0. The first-order chi connectivity index (χ1) is 32.4. The molecule has 0 radical (unpaired) electrons. The molecule has 2 saturated heterocycles. The van der Waals surface area contributed by atoms with Crippen molar-refractivity contribution >= 4 is 48.3 Å². The van der Waals surface area contributed by atoms with Crippen molar-refractivity contribution in [3.05, 3.63) is 99.6 Å². The third kappa shape index (κ3) is 11.1. The number of anilines is 1. The van der Waals surface area contributed by atoms with E-state index in [2.05, 4.69) is 29.7 Å². The minimum atomic E-state index is -5.09. The fourth-order valence-corrected chi connectivity index (χ4v) is 10.4. The maximum atomic E-state index is 17.0. The summed E-state index contributed by atoms with van der Waals surface area (Å²) in [7, 11) is 1.49. The maximum Gasteiger partial charge on any atom is 0.417 e. The molecule has 2 aliphatic heterocycles. The molecule has 0 saturated carbocycles. The number of carbonyl (C=O) groups excluding carboxylic acids is 2. The first-order valence-electron chi connectivity index (χ1n) is 22.9. The van der Waals surface area contributed by atoms with Gasteiger partial charge in [-0.1, -0.05) is 55.5 Å². The van der Waals surface area contributed by atoms with E-state index in [1.807, 2.05) is 0 Å². The average Bonchev–Trinajstić information content (AvgIpc) is 3.83. The van der Waals surface area contributed by atoms with Gasteiger partial charge in [0, 0.05) is 45.3 Å². The number of ether oxygens (including phenoxy) is 4. The molecule has 2 amide bonds. The molecular weight excluding hydrogens is 936 g/mol. The lowest BCUT2D eigenvalue weighted by molar-refractivity contribution is -0.137. The molecule has 4 atom stereocenters. The van der Waals surface area contributed by atoms with Crippen LogP contribution in [0.5, 0.6) is 11.5 Å². The molecule has 13 nitrogen and oxygen atoms in total. The van der Waals surface area contributed by atoms with Crippen LogP contribution in [0.1, 0.15) is 73.1 Å². The molecular formula is C50H61ClF4N6O7Si. The van der Waals surface area contributed by atoms with Crippen molar-refractivity contribution in [1.82, 2.24) is 24.6 Å². The first kappa shape index (κ1) is 51.4. The number of hydrogen-bond acceptors (Lipinski definition) is 10. The number of alkyl halides is 3. The van der Waals surface area contributed by atoms with Gasteiger partial charge in [-0.25, -0.2) is 18.9 Å². The summed E-state index contributed by atoms with van der Waals surface area (Å²) < 4.78 is 87.6. The molecule has 5 aromatic rings.